The molecule has 1 aliphatic heterocycles. The second-order valence-electron chi connectivity index (χ2n) is 6.43. The molecule has 0 aliphatic carbocycles. The molecule has 1 heterocycles. The summed E-state index contributed by atoms with van der Waals surface area (Å²) in [5.41, 5.74) is 2.91. The molecule has 1 amide bonds. The normalized spacial score (nSPS) is 15.6. The van der Waals surface area contributed by atoms with Gasteiger partial charge in [-0.15, -0.1) is 0 Å². The van der Waals surface area contributed by atoms with Crippen LogP contribution in [0.3, 0.4) is 0 Å². The number of ether oxygens (including phenoxy) is 2. The largest absolute Gasteiger partial charge is 0.493 e. The predicted molar refractivity (Wildman–Crippen MR) is 99.4 cm³/mol. The van der Waals surface area contributed by atoms with E-state index in [1.54, 1.807) is 14.2 Å². The Balaban J connectivity index is 1.62. The summed E-state index contributed by atoms with van der Waals surface area (Å²) in [6.45, 7) is 1.89. The van der Waals surface area contributed by atoms with Gasteiger partial charge in [-0.1, -0.05) is 0 Å². The molecule has 8 heteroatoms. The molecule has 0 radical (unpaired) electrons. The summed E-state index contributed by atoms with van der Waals surface area (Å²) in [5, 5.41) is 13.5. The van der Waals surface area contributed by atoms with Gasteiger partial charge in [-0.2, -0.15) is 0 Å². The first-order chi connectivity index (χ1) is 13.0. The smallest absolute Gasteiger partial charge is 0.279 e. The molecule has 0 bridgehead atoms. The number of carbonyl (C=O) groups excluding carboxylic acids is 1. The van der Waals surface area contributed by atoms with E-state index in [2.05, 4.69) is 5.32 Å². The molecule has 3 rings (SSSR count). The van der Waals surface area contributed by atoms with E-state index in [-0.39, 0.29) is 11.6 Å². The fourth-order valence-electron chi connectivity index (χ4n) is 3.28. The first kappa shape index (κ1) is 18.7. The van der Waals surface area contributed by atoms with Gasteiger partial charge >= 0.3 is 0 Å². The van der Waals surface area contributed by atoms with Crippen LogP contribution in [0, 0.1) is 10.1 Å². The Hall–Kier alpha value is -3.13. The Morgan fingerprint density at radius 1 is 1.15 bits per heavy atom. The van der Waals surface area contributed by atoms with Crippen molar-refractivity contribution in [3.63, 3.8) is 0 Å². The van der Waals surface area contributed by atoms with Crippen LogP contribution in [-0.2, 0) is 17.8 Å². The number of anilines is 1. The lowest BCUT2D eigenvalue weighted by Crippen LogP contribution is -3.12. The van der Waals surface area contributed by atoms with Crippen LogP contribution in [0.1, 0.15) is 11.1 Å². The maximum Gasteiger partial charge on any atom is 0.279 e. The van der Waals surface area contributed by atoms with Crippen molar-refractivity contribution in [3.8, 4) is 11.5 Å². The molecule has 0 aromatic heterocycles. The molecule has 2 aromatic carbocycles. The van der Waals surface area contributed by atoms with E-state index in [1.165, 1.54) is 29.8 Å². The van der Waals surface area contributed by atoms with E-state index in [9.17, 15) is 14.9 Å². The zero-order valence-corrected chi connectivity index (χ0v) is 15.3. The molecule has 8 nitrogen and oxygen atoms in total. The highest BCUT2D eigenvalue weighted by Crippen LogP contribution is 2.31. The SMILES string of the molecule is COc1cc2c(cc1OC)C[NH+](CC(=O)Nc1ccc([N+](=O)[O-])cc1)CC2. The minimum atomic E-state index is -0.468. The van der Waals surface area contributed by atoms with Crippen molar-refractivity contribution in [2.45, 2.75) is 13.0 Å². The molecule has 0 saturated carbocycles. The lowest BCUT2D eigenvalue weighted by molar-refractivity contribution is -0.907. The zero-order valence-electron chi connectivity index (χ0n) is 15.3. The van der Waals surface area contributed by atoms with Crippen LogP contribution in [0.15, 0.2) is 36.4 Å². The highest BCUT2D eigenvalue weighted by Gasteiger charge is 2.24. The first-order valence-corrected chi connectivity index (χ1v) is 8.62. The van der Waals surface area contributed by atoms with E-state index >= 15 is 0 Å². The Kier molecular flexibility index (Phi) is 5.56. The monoisotopic (exact) mass is 372 g/mol. The Labute approximate surface area is 156 Å². The number of fused-ring (bicyclic) bond motifs is 1. The summed E-state index contributed by atoms with van der Waals surface area (Å²) in [6, 6.07) is 9.80. The number of benzene rings is 2. The number of amides is 1. The molecule has 1 aliphatic rings. The lowest BCUT2D eigenvalue weighted by atomic mass is 9.99. The third kappa shape index (κ3) is 4.35. The molecule has 27 heavy (non-hydrogen) atoms. The Morgan fingerprint density at radius 2 is 1.78 bits per heavy atom. The van der Waals surface area contributed by atoms with E-state index in [0.717, 1.165) is 35.7 Å². The summed E-state index contributed by atoms with van der Waals surface area (Å²) in [7, 11) is 3.22. The summed E-state index contributed by atoms with van der Waals surface area (Å²) in [4.78, 5) is 23.7. The number of hydrogen-bond donors (Lipinski definition) is 2. The highest BCUT2D eigenvalue weighted by atomic mass is 16.6. The number of rotatable bonds is 6. The summed E-state index contributed by atoms with van der Waals surface area (Å²) < 4.78 is 10.7. The molecule has 0 fully saturated rings. The van der Waals surface area contributed by atoms with Gasteiger partial charge in [-0.05, 0) is 29.8 Å². The Morgan fingerprint density at radius 3 is 2.37 bits per heavy atom. The van der Waals surface area contributed by atoms with Crippen molar-refractivity contribution in [2.75, 3.05) is 32.6 Å². The number of nitrogens with one attached hydrogen (secondary N) is 2. The molecular formula is C19H22N3O5+. The number of nitrogens with zero attached hydrogens (tertiary/aromatic N) is 1. The van der Waals surface area contributed by atoms with Gasteiger partial charge in [-0.25, -0.2) is 0 Å². The average molecular weight is 372 g/mol. The third-order valence-corrected chi connectivity index (χ3v) is 4.67. The summed E-state index contributed by atoms with van der Waals surface area (Å²) in [5.74, 6) is 1.28. The van der Waals surface area contributed by atoms with Crippen LogP contribution >= 0.6 is 0 Å². The molecule has 0 saturated heterocycles. The van der Waals surface area contributed by atoms with E-state index in [4.69, 9.17) is 9.47 Å². The maximum absolute atomic E-state index is 12.3. The number of carbonyl (C=O) groups is 1. The third-order valence-electron chi connectivity index (χ3n) is 4.67. The molecule has 2 N–H and O–H groups in total. The minimum absolute atomic E-state index is 0.00404. The number of non-ortho nitro benzene ring substituents is 1. The first-order valence-electron chi connectivity index (χ1n) is 8.62. The maximum atomic E-state index is 12.3. The van der Waals surface area contributed by atoms with Crippen LogP contribution in [0.5, 0.6) is 11.5 Å². The number of nitro benzene ring substituents is 1. The van der Waals surface area contributed by atoms with Gasteiger partial charge in [0.05, 0.1) is 25.7 Å². The summed E-state index contributed by atoms with van der Waals surface area (Å²) in [6.07, 6.45) is 0.857. The second kappa shape index (κ2) is 8.05. The van der Waals surface area contributed by atoms with Crippen molar-refractivity contribution in [1.82, 2.24) is 0 Å². The second-order valence-corrected chi connectivity index (χ2v) is 6.43. The molecule has 142 valence electrons. The fraction of sp³-hybridized carbons (Fsp3) is 0.316. The number of methoxy groups -OCH3 is 2. The van der Waals surface area contributed by atoms with Crippen LogP contribution in [0.2, 0.25) is 0 Å². The number of hydrogen-bond acceptors (Lipinski definition) is 5. The standard InChI is InChI=1S/C19H21N3O5/c1-26-17-9-13-7-8-21(11-14(13)10-18(17)27-2)12-19(23)20-15-3-5-16(6-4-15)22(24)25/h3-6,9-10H,7-8,11-12H2,1-2H3,(H,20,23)/p+1. The van der Waals surface area contributed by atoms with Crippen molar-refractivity contribution in [2.24, 2.45) is 0 Å². The fourth-order valence-corrected chi connectivity index (χ4v) is 3.28. The average Bonchev–Trinajstić information content (AvgIpc) is 2.67. The topological polar surface area (TPSA) is 95.1 Å². The molecule has 0 spiro atoms. The van der Waals surface area contributed by atoms with Crippen molar-refractivity contribution < 1.29 is 24.1 Å². The number of nitro groups is 1. The molecule has 2 aromatic rings. The lowest BCUT2D eigenvalue weighted by Gasteiger charge is -2.26. The van der Waals surface area contributed by atoms with E-state index < -0.39 is 4.92 Å². The minimum Gasteiger partial charge on any atom is -0.493 e. The van der Waals surface area contributed by atoms with Crippen molar-refractivity contribution >= 4 is 17.3 Å². The van der Waals surface area contributed by atoms with Gasteiger partial charge in [0.1, 0.15) is 6.54 Å². The van der Waals surface area contributed by atoms with Crippen molar-refractivity contribution in [1.29, 1.82) is 0 Å². The van der Waals surface area contributed by atoms with Crippen LogP contribution in [0.4, 0.5) is 11.4 Å². The van der Waals surface area contributed by atoms with Gasteiger partial charge in [0, 0.05) is 29.8 Å². The number of quaternary nitrogens is 1. The van der Waals surface area contributed by atoms with Crippen LogP contribution in [0.25, 0.3) is 0 Å². The van der Waals surface area contributed by atoms with Crippen LogP contribution in [-0.4, -0.2) is 38.1 Å². The van der Waals surface area contributed by atoms with Gasteiger partial charge in [0.15, 0.2) is 18.0 Å². The molecular weight excluding hydrogens is 350 g/mol. The quantitative estimate of drug-likeness (QED) is 0.587. The van der Waals surface area contributed by atoms with Gasteiger partial charge in [0.2, 0.25) is 0 Å². The van der Waals surface area contributed by atoms with E-state index in [1.807, 2.05) is 12.1 Å². The van der Waals surface area contributed by atoms with Gasteiger partial charge < -0.3 is 19.7 Å². The zero-order chi connectivity index (χ0) is 19.4. The highest BCUT2D eigenvalue weighted by molar-refractivity contribution is 5.91. The summed E-state index contributed by atoms with van der Waals surface area (Å²) >= 11 is 0. The van der Waals surface area contributed by atoms with Crippen molar-refractivity contribution in [3.05, 3.63) is 57.6 Å². The van der Waals surface area contributed by atoms with E-state index in [0.29, 0.717) is 18.0 Å². The van der Waals surface area contributed by atoms with Crippen LogP contribution < -0.4 is 19.7 Å². The Bertz CT molecular complexity index is 851. The predicted octanol–water partition coefficient (Wildman–Crippen LogP) is 1.19. The molecule has 1 atom stereocenters. The van der Waals surface area contributed by atoms with Gasteiger partial charge in [0.25, 0.3) is 11.6 Å². The van der Waals surface area contributed by atoms with Gasteiger partial charge in [-0.3, -0.25) is 14.9 Å². The molecule has 1 unspecified atom stereocenters.